The minimum Gasteiger partial charge on any atom is -0.347 e. The maximum absolute atomic E-state index is 12.8. The van der Waals surface area contributed by atoms with Crippen molar-refractivity contribution < 1.29 is 4.79 Å². The predicted molar refractivity (Wildman–Crippen MR) is 92.0 cm³/mol. The molecule has 3 rings (SSSR count). The number of carbonyl (C=O) groups is 1. The molecular formula is C17H17N3O2S. The molecule has 6 heteroatoms. The number of hydrogen-bond acceptors (Lipinski definition) is 4. The number of rotatable bonds is 2. The Balaban J connectivity index is 2.16. The van der Waals surface area contributed by atoms with Gasteiger partial charge in [0.2, 0.25) is 0 Å². The zero-order chi connectivity index (χ0) is 16.6. The molecule has 5 nitrogen and oxygen atoms in total. The number of nitrogens with zero attached hydrogens (tertiary/aromatic N) is 2. The van der Waals surface area contributed by atoms with Crippen molar-refractivity contribution >= 4 is 22.2 Å². The highest BCUT2D eigenvalue weighted by Crippen LogP contribution is 2.23. The lowest BCUT2D eigenvalue weighted by atomic mass is 10.1. The SMILES string of the molecule is CC(C)(C)NC(=O)c1cnc2scc(-c3ccccc3)n2c1=O. The number of thiazole rings is 1. The van der Waals surface area contributed by atoms with Crippen LogP contribution < -0.4 is 10.9 Å². The third-order valence-electron chi connectivity index (χ3n) is 3.25. The summed E-state index contributed by atoms with van der Waals surface area (Å²) in [4.78, 5) is 29.9. The van der Waals surface area contributed by atoms with Crippen LogP contribution in [0.2, 0.25) is 0 Å². The zero-order valence-electron chi connectivity index (χ0n) is 13.2. The van der Waals surface area contributed by atoms with Crippen LogP contribution in [0, 0.1) is 0 Å². The van der Waals surface area contributed by atoms with E-state index in [4.69, 9.17) is 0 Å². The standard InChI is InChI=1S/C17H17N3O2S/c1-17(2,3)19-14(21)12-9-18-16-20(15(12)22)13(10-23-16)11-7-5-4-6-8-11/h4-10H,1-3H3,(H,19,21). The van der Waals surface area contributed by atoms with Crippen LogP contribution in [0.1, 0.15) is 31.1 Å². The first-order chi connectivity index (χ1) is 10.9. The minimum atomic E-state index is -0.417. The fraction of sp³-hybridized carbons (Fsp3) is 0.235. The number of aromatic nitrogens is 2. The van der Waals surface area contributed by atoms with Crippen molar-refractivity contribution in [3.63, 3.8) is 0 Å². The van der Waals surface area contributed by atoms with E-state index in [9.17, 15) is 9.59 Å². The number of benzene rings is 1. The van der Waals surface area contributed by atoms with Crippen molar-refractivity contribution in [2.45, 2.75) is 26.3 Å². The van der Waals surface area contributed by atoms with Crippen LogP contribution >= 0.6 is 11.3 Å². The Morgan fingerprint density at radius 1 is 1.22 bits per heavy atom. The average Bonchev–Trinajstić information content (AvgIpc) is 2.91. The third-order valence-corrected chi connectivity index (χ3v) is 4.09. The van der Waals surface area contributed by atoms with E-state index in [1.54, 1.807) is 0 Å². The van der Waals surface area contributed by atoms with Gasteiger partial charge in [-0.3, -0.25) is 14.0 Å². The second kappa shape index (κ2) is 5.62. The Kier molecular flexibility index (Phi) is 3.77. The first-order valence-corrected chi connectivity index (χ1v) is 8.12. The normalized spacial score (nSPS) is 11.6. The second-order valence-electron chi connectivity index (χ2n) is 6.29. The van der Waals surface area contributed by atoms with Crippen molar-refractivity contribution in [3.8, 4) is 11.3 Å². The minimum absolute atomic E-state index is 0.0491. The molecule has 0 saturated heterocycles. The average molecular weight is 327 g/mol. The van der Waals surface area contributed by atoms with Crippen molar-refractivity contribution in [3.05, 3.63) is 57.8 Å². The van der Waals surface area contributed by atoms with Crippen LogP contribution in [0.5, 0.6) is 0 Å². The first kappa shape index (κ1) is 15.4. The maximum atomic E-state index is 12.8. The third kappa shape index (κ3) is 3.03. The van der Waals surface area contributed by atoms with Crippen LogP contribution in [0.3, 0.4) is 0 Å². The Bertz CT molecular complexity index is 920. The molecule has 0 aliphatic heterocycles. The molecule has 1 amide bonds. The summed E-state index contributed by atoms with van der Waals surface area (Å²) in [7, 11) is 0. The van der Waals surface area contributed by atoms with Gasteiger partial charge < -0.3 is 5.32 Å². The highest BCUT2D eigenvalue weighted by Gasteiger charge is 2.20. The van der Waals surface area contributed by atoms with Gasteiger partial charge in [-0.05, 0) is 26.3 Å². The quantitative estimate of drug-likeness (QED) is 0.787. The van der Waals surface area contributed by atoms with Gasteiger partial charge in [-0.2, -0.15) is 0 Å². The van der Waals surface area contributed by atoms with Gasteiger partial charge in [0.1, 0.15) is 5.56 Å². The molecule has 0 fully saturated rings. The molecule has 0 saturated carbocycles. The summed E-state index contributed by atoms with van der Waals surface area (Å²) < 4.78 is 1.50. The fourth-order valence-electron chi connectivity index (χ4n) is 2.27. The topological polar surface area (TPSA) is 63.5 Å². The molecule has 0 radical (unpaired) electrons. The van der Waals surface area contributed by atoms with Gasteiger partial charge in [0.25, 0.3) is 11.5 Å². The van der Waals surface area contributed by atoms with Gasteiger partial charge in [-0.1, -0.05) is 30.3 Å². The molecule has 2 aromatic heterocycles. The lowest BCUT2D eigenvalue weighted by Crippen LogP contribution is -2.43. The van der Waals surface area contributed by atoms with E-state index in [0.717, 1.165) is 11.3 Å². The molecule has 118 valence electrons. The van der Waals surface area contributed by atoms with E-state index in [1.165, 1.54) is 21.9 Å². The van der Waals surface area contributed by atoms with Crippen molar-refractivity contribution in [1.29, 1.82) is 0 Å². The number of amides is 1. The molecule has 0 unspecified atom stereocenters. The first-order valence-electron chi connectivity index (χ1n) is 7.24. The summed E-state index contributed by atoms with van der Waals surface area (Å²) in [5.74, 6) is -0.408. The van der Waals surface area contributed by atoms with Crippen LogP contribution in [-0.4, -0.2) is 20.8 Å². The van der Waals surface area contributed by atoms with Crippen LogP contribution in [0.4, 0.5) is 0 Å². The van der Waals surface area contributed by atoms with Gasteiger partial charge in [-0.15, -0.1) is 11.3 Å². The van der Waals surface area contributed by atoms with Crippen molar-refractivity contribution in [1.82, 2.24) is 14.7 Å². The van der Waals surface area contributed by atoms with Gasteiger partial charge in [-0.25, -0.2) is 4.98 Å². The maximum Gasteiger partial charge on any atom is 0.271 e. The monoisotopic (exact) mass is 327 g/mol. The van der Waals surface area contributed by atoms with E-state index in [-0.39, 0.29) is 11.1 Å². The van der Waals surface area contributed by atoms with Gasteiger partial charge in [0.05, 0.1) is 5.69 Å². The summed E-state index contributed by atoms with van der Waals surface area (Å²) in [6.45, 7) is 5.61. The van der Waals surface area contributed by atoms with Crippen LogP contribution in [-0.2, 0) is 0 Å². The number of fused-ring (bicyclic) bond motifs is 1. The molecule has 0 atom stereocenters. The largest absolute Gasteiger partial charge is 0.347 e. The van der Waals surface area contributed by atoms with Gasteiger partial charge in [0.15, 0.2) is 4.96 Å². The van der Waals surface area contributed by atoms with E-state index in [2.05, 4.69) is 10.3 Å². The zero-order valence-corrected chi connectivity index (χ0v) is 14.0. The van der Waals surface area contributed by atoms with Crippen molar-refractivity contribution in [2.24, 2.45) is 0 Å². The van der Waals surface area contributed by atoms with E-state index in [0.29, 0.717) is 4.96 Å². The van der Waals surface area contributed by atoms with Gasteiger partial charge >= 0.3 is 0 Å². The van der Waals surface area contributed by atoms with E-state index >= 15 is 0 Å². The van der Waals surface area contributed by atoms with Crippen LogP contribution in [0.25, 0.3) is 16.2 Å². The lowest BCUT2D eigenvalue weighted by molar-refractivity contribution is 0.0917. The van der Waals surface area contributed by atoms with Crippen molar-refractivity contribution in [2.75, 3.05) is 0 Å². The smallest absolute Gasteiger partial charge is 0.271 e. The summed E-state index contributed by atoms with van der Waals surface area (Å²) in [5, 5.41) is 4.68. The molecular weight excluding hydrogens is 310 g/mol. The predicted octanol–water partition coefficient (Wildman–Crippen LogP) is 2.95. The molecule has 2 heterocycles. The molecule has 1 aromatic carbocycles. The molecule has 0 aliphatic rings. The molecule has 0 bridgehead atoms. The molecule has 1 N–H and O–H groups in total. The highest BCUT2D eigenvalue weighted by atomic mass is 32.1. The van der Waals surface area contributed by atoms with E-state index < -0.39 is 11.4 Å². The summed E-state index contributed by atoms with van der Waals surface area (Å²) in [5.41, 5.74) is 0.939. The highest BCUT2D eigenvalue weighted by molar-refractivity contribution is 7.15. The molecule has 3 aromatic rings. The fourth-order valence-corrected chi connectivity index (χ4v) is 3.13. The lowest BCUT2D eigenvalue weighted by Gasteiger charge is -2.20. The Morgan fingerprint density at radius 2 is 1.91 bits per heavy atom. The number of hydrogen-bond donors (Lipinski definition) is 1. The molecule has 23 heavy (non-hydrogen) atoms. The second-order valence-corrected chi connectivity index (χ2v) is 7.12. The van der Waals surface area contributed by atoms with E-state index in [1.807, 2.05) is 56.5 Å². The Morgan fingerprint density at radius 3 is 2.57 bits per heavy atom. The Labute approximate surface area is 137 Å². The summed E-state index contributed by atoms with van der Waals surface area (Å²) in [6, 6.07) is 9.59. The summed E-state index contributed by atoms with van der Waals surface area (Å²) in [6.07, 6.45) is 1.35. The number of carbonyl (C=O) groups excluding carboxylic acids is 1. The van der Waals surface area contributed by atoms with Crippen LogP contribution in [0.15, 0.2) is 46.7 Å². The molecule has 0 aliphatic carbocycles. The number of nitrogens with one attached hydrogen (secondary N) is 1. The Hall–Kier alpha value is -2.47. The molecule has 0 spiro atoms. The summed E-state index contributed by atoms with van der Waals surface area (Å²) >= 11 is 1.38. The van der Waals surface area contributed by atoms with Gasteiger partial charge in [0, 0.05) is 17.1 Å².